The van der Waals surface area contributed by atoms with Crippen molar-refractivity contribution >= 4 is 21.1 Å². The monoisotopic (exact) mass is 308 g/mol. The summed E-state index contributed by atoms with van der Waals surface area (Å²) < 4.78 is 32.5. The van der Waals surface area contributed by atoms with Crippen molar-refractivity contribution < 1.29 is 17.0 Å². The molecule has 0 atom stereocenters. The van der Waals surface area contributed by atoms with E-state index in [9.17, 15) is 13.2 Å². The highest BCUT2D eigenvalue weighted by molar-refractivity contribution is 7.86. The van der Waals surface area contributed by atoms with Gasteiger partial charge in [-0.1, -0.05) is 12.8 Å². The van der Waals surface area contributed by atoms with E-state index < -0.39 is 10.1 Å². The van der Waals surface area contributed by atoms with E-state index in [0.29, 0.717) is 11.0 Å². The molecule has 0 amide bonds. The predicted molar refractivity (Wildman–Crippen MR) is 79.2 cm³/mol. The first-order valence-electron chi connectivity index (χ1n) is 6.89. The van der Waals surface area contributed by atoms with Crippen LogP contribution in [0, 0.1) is 0 Å². The third-order valence-electron chi connectivity index (χ3n) is 3.82. The highest BCUT2D eigenvalue weighted by Crippen LogP contribution is 2.33. The molecule has 1 aliphatic rings. The Balaban J connectivity index is 2.05. The van der Waals surface area contributed by atoms with Crippen LogP contribution in [0.25, 0.3) is 11.0 Å². The topological polar surface area (TPSA) is 73.6 Å². The van der Waals surface area contributed by atoms with Gasteiger partial charge in [-0.2, -0.15) is 8.42 Å². The Kier molecular flexibility index (Phi) is 3.49. The van der Waals surface area contributed by atoms with Crippen molar-refractivity contribution in [3.8, 4) is 5.75 Å². The highest BCUT2D eigenvalue weighted by Gasteiger charge is 2.21. The lowest BCUT2D eigenvalue weighted by Gasteiger charge is -2.09. The summed E-state index contributed by atoms with van der Waals surface area (Å²) in [6.45, 7) is 0. The molecule has 0 N–H and O–H groups in total. The van der Waals surface area contributed by atoms with Crippen LogP contribution >= 0.6 is 0 Å². The Bertz CT molecular complexity index is 829. The molecule has 1 heterocycles. The molecule has 0 bridgehead atoms. The molecule has 1 aliphatic carbocycles. The molecule has 5 nitrogen and oxygen atoms in total. The summed E-state index contributed by atoms with van der Waals surface area (Å²) in [6.07, 6.45) is 6.80. The van der Waals surface area contributed by atoms with E-state index in [1.165, 1.54) is 18.4 Å². The van der Waals surface area contributed by atoms with Gasteiger partial charge in [-0.25, -0.2) is 0 Å². The molecular formula is C15H16O5S. The summed E-state index contributed by atoms with van der Waals surface area (Å²) in [5.41, 5.74) is 1.02. The second-order valence-corrected chi connectivity index (χ2v) is 7.02. The molecule has 6 heteroatoms. The van der Waals surface area contributed by atoms with Crippen LogP contribution in [0.3, 0.4) is 0 Å². The zero-order chi connectivity index (χ0) is 15.0. The smallest absolute Gasteiger partial charge is 0.306 e. The van der Waals surface area contributed by atoms with Gasteiger partial charge in [0.2, 0.25) is 0 Å². The number of hydrogen-bond acceptors (Lipinski definition) is 5. The summed E-state index contributed by atoms with van der Waals surface area (Å²) in [4.78, 5) is 12.5. The molecule has 0 unspecified atom stereocenters. The predicted octanol–water partition coefficient (Wildman–Crippen LogP) is 2.79. The first kappa shape index (κ1) is 14.1. The standard InChI is InChI=1S/C15H16O5S/c1-21(17,18)20-11-6-7-12-14(8-11)19-9-13(15(12)16)10-4-2-3-5-10/h6-10H,2-5H2,1H3. The summed E-state index contributed by atoms with van der Waals surface area (Å²) in [7, 11) is -3.60. The molecule has 1 fully saturated rings. The normalized spacial score (nSPS) is 16.4. The van der Waals surface area contributed by atoms with Crippen molar-refractivity contribution in [2.75, 3.05) is 6.26 Å². The molecule has 0 radical (unpaired) electrons. The summed E-state index contributed by atoms with van der Waals surface area (Å²) >= 11 is 0. The maximum absolute atomic E-state index is 12.5. The lowest BCUT2D eigenvalue weighted by Crippen LogP contribution is -2.12. The fourth-order valence-corrected chi connectivity index (χ4v) is 3.32. The Morgan fingerprint density at radius 2 is 1.95 bits per heavy atom. The first-order valence-corrected chi connectivity index (χ1v) is 8.70. The SMILES string of the molecule is CS(=O)(=O)Oc1ccc2c(=O)c(C3CCCC3)coc2c1. The largest absolute Gasteiger partial charge is 0.464 e. The van der Waals surface area contributed by atoms with Crippen LogP contribution in [0.15, 0.2) is 33.7 Å². The van der Waals surface area contributed by atoms with E-state index >= 15 is 0 Å². The quantitative estimate of drug-likeness (QED) is 0.815. The van der Waals surface area contributed by atoms with E-state index in [0.717, 1.165) is 37.5 Å². The summed E-state index contributed by atoms with van der Waals surface area (Å²) in [6, 6.07) is 4.45. The molecule has 0 aliphatic heterocycles. The maximum atomic E-state index is 12.5. The van der Waals surface area contributed by atoms with Crippen LogP contribution in [0.5, 0.6) is 5.75 Å². The second-order valence-electron chi connectivity index (χ2n) is 5.45. The van der Waals surface area contributed by atoms with Gasteiger partial charge >= 0.3 is 10.1 Å². The molecular weight excluding hydrogens is 292 g/mol. The van der Waals surface area contributed by atoms with Crippen molar-refractivity contribution in [2.45, 2.75) is 31.6 Å². The Morgan fingerprint density at radius 1 is 1.24 bits per heavy atom. The Morgan fingerprint density at radius 3 is 2.62 bits per heavy atom. The van der Waals surface area contributed by atoms with Gasteiger partial charge in [0.15, 0.2) is 5.43 Å². The van der Waals surface area contributed by atoms with Crippen LogP contribution in [0.4, 0.5) is 0 Å². The lowest BCUT2D eigenvalue weighted by molar-refractivity contribution is 0.492. The highest BCUT2D eigenvalue weighted by atomic mass is 32.2. The van der Waals surface area contributed by atoms with E-state index in [1.54, 1.807) is 6.07 Å². The van der Waals surface area contributed by atoms with Crippen molar-refractivity contribution in [3.05, 3.63) is 40.2 Å². The van der Waals surface area contributed by atoms with Crippen LogP contribution in [0.1, 0.15) is 37.2 Å². The average molecular weight is 308 g/mol. The maximum Gasteiger partial charge on any atom is 0.306 e. The van der Waals surface area contributed by atoms with Gasteiger partial charge in [0.1, 0.15) is 11.3 Å². The fourth-order valence-electron chi connectivity index (χ4n) is 2.87. The molecule has 2 aromatic rings. The van der Waals surface area contributed by atoms with Gasteiger partial charge < -0.3 is 8.60 Å². The van der Waals surface area contributed by atoms with Crippen LogP contribution in [-0.2, 0) is 10.1 Å². The molecule has 1 aromatic heterocycles. The van der Waals surface area contributed by atoms with Gasteiger partial charge in [-0.15, -0.1) is 0 Å². The molecule has 3 rings (SSSR count). The van der Waals surface area contributed by atoms with Gasteiger partial charge in [-0.05, 0) is 30.9 Å². The van der Waals surface area contributed by atoms with Crippen LogP contribution in [0.2, 0.25) is 0 Å². The minimum Gasteiger partial charge on any atom is -0.464 e. The zero-order valence-electron chi connectivity index (χ0n) is 11.7. The number of hydrogen-bond donors (Lipinski definition) is 0. The van der Waals surface area contributed by atoms with Gasteiger partial charge in [0.25, 0.3) is 0 Å². The number of rotatable bonds is 3. The van der Waals surface area contributed by atoms with Crippen molar-refractivity contribution in [1.82, 2.24) is 0 Å². The molecule has 1 saturated carbocycles. The molecule has 0 spiro atoms. The summed E-state index contributed by atoms with van der Waals surface area (Å²) in [5.74, 6) is 0.416. The zero-order valence-corrected chi connectivity index (χ0v) is 12.5. The van der Waals surface area contributed by atoms with Crippen molar-refractivity contribution in [3.63, 3.8) is 0 Å². The van der Waals surface area contributed by atoms with Crippen LogP contribution < -0.4 is 9.61 Å². The summed E-state index contributed by atoms with van der Waals surface area (Å²) in [5, 5.41) is 0.459. The minimum atomic E-state index is -3.60. The van der Waals surface area contributed by atoms with Gasteiger partial charge in [-0.3, -0.25) is 4.79 Å². The average Bonchev–Trinajstić information content (AvgIpc) is 2.91. The van der Waals surface area contributed by atoms with Crippen molar-refractivity contribution in [2.24, 2.45) is 0 Å². The lowest BCUT2D eigenvalue weighted by atomic mass is 9.98. The Hall–Kier alpha value is -1.82. The van der Waals surface area contributed by atoms with Gasteiger partial charge in [0, 0.05) is 11.6 Å². The van der Waals surface area contributed by atoms with E-state index in [1.807, 2.05) is 0 Å². The molecule has 21 heavy (non-hydrogen) atoms. The molecule has 0 saturated heterocycles. The van der Waals surface area contributed by atoms with E-state index in [-0.39, 0.29) is 17.1 Å². The number of fused-ring (bicyclic) bond motifs is 1. The fraction of sp³-hybridized carbons (Fsp3) is 0.400. The van der Waals surface area contributed by atoms with Gasteiger partial charge in [0.05, 0.1) is 17.9 Å². The number of benzene rings is 1. The molecule has 1 aromatic carbocycles. The van der Waals surface area contributed by atoms with E-state index in [4.69, 9.17) is 8.60 Å². The van der Waals surface area contributed by atoms with E-state index in [2.05, 4.69) is 0 Å². The first-order chi connectivity index (χ1) is 9.94. The Labute approximate surface area is 122 Å². The second kappa shape index (κ2) is 5.18. The third-order valence-corrected chi connectivity index (χ3v) is 4.31. The van der Waals surface area contributed by atoms with Crippen LogP contribution in [-0.4, -0.2) is 14.7 Å². The van der Waals surface area contributed by atoms with Crippen molar-refractivity contribution in [1.29, 1.82) is 0 Å². The third kappa shape index (κ3) is 2.95. The molecule has 112 valence electrons. The minimum absolute atomic E-state index is 0.0333.